The SMILES string of the molecule is CN1CCN(Cc2cc(CNC3(c4ccsc4)CCCC3)ccc2O)CC1. The van der Waals surface area contributed by atoms with Crippen molar-refractivity contribution >= 4 is 11.3 Å². The zero-order chi connectivity index (χ0) is 18.7. The lowest BCUT2D eigenvalue weighted by atomic mass is 9.90. The first-order chi connectivity index (χ1) is 13.1. The van der Waals surface area contributed by atoms with Crippen LogP contribution in [0.1, 0.15) is 42.4 Å². The Morgan fingerprint density at radius 2 is 1.89 bits per heavy atom. The molecule has 1 saturated heterocycles. The minimum atomic E-state index is 0.134. The van der Waals surface area contributed by atoms with E-state index >= 15 is 0 Å². The summed E-state index contributed by atoms with van der Waals surface area (Å²) in [7, 11) is 2.17. The summed E-state index contributed by atoms with van der Waals surface area (Å²) in [6.45, 7) is 6.03. The monoisotopic (exact) mass is 385 g/mol. The number of phenolic OH excluding ortho intramolecular Hbond substituents is 1. The molecule has 2 N–H and O–H groups in total. The van der Waals surface area contributed by atoms with Gasteiger partial charge in [0.2, 0.25) is 0 Å². The van der Waals surface area contributed by atoms with Crippen molar-refractivity contribution in [3.63, 3.8) is 0 Å². The van der Waals surface area contributed by atoms with Gasteiger partial charge in [0.25, 0.3) is 0 Å². The van der Waals surface area contributed by atoms with Gasteiger partial charge in [-0.05, 0) is 60.0 Å². The number of benzene rings is 1. The van der Waals surface area contributed by atoms with Crippen molar-refractivity contribution in [2.45, 2.75) is 44.3 Å². The molecule has 0 atom stereocenters. The van der Waals surface area contributed by atoms with Crippen LogP contribution in [0.2, 0.25) is 0 Å². The highest BCUT2D eigenvalue weighted by Gasteiger charge is 2.35. The van der Waals surface area contributed by atoms with Gasteiger partial charge in [-0.25, -0.2) is 0 Å². The van der Waals surface area contributed by atoms with Gasteiger partial charge in [-0.2, -0.15) is 11.3 Å². The van der Waals surface area contributed by atoms with Crippen LogP contribution < -0.4 is 5.32 Å². The van der Waals surface area contributed by atoms with Crippen molar-refractivity contribution in [3.8, 4) is 5.75 Å². The summed E-state index contributed by atoms with van der Waals surface area (Å²) in [5.74, 6) is 0.422. The zero-order valence-corrected chi connectivity index (χ0v) is 17.1. The van der Waals surface area contributed by atoms with Crippen molar-refractivity contribution < 1.29 is 5.11 Å². The fourth-order valence-electron chi connectivity index (χ4n) is 4.48. The van der Waals surface area contributed by atoms with Gasteiger partial charge in [0.1, 0.15) is 5.75 Å². The van der Waals surface area contributed by atoms with Gasteiger partial charge in [0.05, 0.1) is 0 Å². The van der Waals surface area contributed by atoms with Gasteiger partial charge in [-0.1, -0.05) is 18.9 Å². The Morgan fingerprint density at radius 3 is 2.59 bits per heavy atom. The van der Waals surface area contributed by atoms with E-state index in [0.717, 1.165) is 44.8 Å². The highest BCUT2D eigenvalue weighted by atomic mass is 32.1. The number of nitrogens with one attached hydrogen (secondary N) is 1. The van der Waals surface area contributed by atoms with Crippen LogP contribution in [0.3, 0.4) is 0 Å². The predicted molar refractivity (Wildman–Crippen MR) is 112 cm³/mol. The number of piperazine rings is 1. The van der Waals surface area contributed by atoms with Crippen molar-refractivity contribution in [1.82, 2.24) is 15.1 Å². The largest absolute Gasteiger partial charge is 0.508 e. The Morgan fingerprint density at radius 1 is 1.11 bits per heavy atom. The quantitative estimate of drug-likeness (QED) is 0.794. The maximum Gasteiger partial charge on any atom is 0.120 e. The van der Waals surface area contributed by atoms with Crippen LogP contribution in [0.4, 0.5) is 0 Å². The predicted octanol–water partition coefficient (Wildman–Crippen LogP) is 3.76. The van der Waals surface area contributed by atoms with Crippen molar-refractivity contribution in [3.05, 3.63) is 51.7 Å². The third-order valence-corrected chi connectivity index (χ3v) is 6.98. The van der Waals surface area contributed by atoms with Gasteiger partial charge >= 0.3 is 0 Å². The molecule has 4 rings (SSSR count). The van der Waals surface area contributed by atoms with Crippen LogP contribution in [-0.4, -0.2) is 48.1 Å². The summed E-state index contributed by atoms with van der Waals surface area (Å²) >= 11 is 1.79. The van der Waals surface area contributed by atoms with Crippen molar-refractivity contribution in [1.29, 1.82) is 0 Å². The lowest BCUT2D eigenvalue weighted by Crippen LogP contribution is -2.43. The first-order valence-corrected chi connectivity index (χ1v) is 11.1. The Balaban J connectivity index is 1.43. The lowest BCUT2D eigenvalue weighted by molar-refractivity contribution is 0.147. The zero-order valence-electron chi connectivity index (χ0n) is 16.3. The normalized spacial score (nSPS) is 20.9. The lowest BCUT2D eigenvalue weighted by Gasteiger charge is -2.32. The Kier molecular flexibility index (Phi) is 5.83. The maximum atomic E-state index is 10.3. The molecule has 0 amide bonds. The number of rotatable bonds is 6. The summed E-state index contributed by atoms with van der Waals surface area (Å²) in [6.07, 6.45) is 5.03. The van der Waals surface area contributed by atoms with Crippen molar-refractivity contribution in [2.24, 2.45) is 0 Å². The van der Waals surface area contributed by atoms with Gasteiger partial charge in [-0.3, -0.25) is 4.90 Å². The van der Waals surface area contributed by atoms with Gasteiger partial charge in [0.15, 0.2) is 0 Å². The van der Waals surface area contributed by atoms with Crippen molar-refractivity contribution in [2.75, 3.05) is 33.2 Å². The molecular weight excluding hydrogens is 354 g/mol. The number of likely N-dealkylation sites (N-methyl/N-ethyl adjacent to an activating group) is 1. The average Bonchev–Trinajstić information content (AvgIpc) is 3.36. The van der Waals surface area contributed by atoms with E-state index in [4.69, 9.17) is 0 Å². The van der Waals surface area contributed by atoms with E-state index in [1.165, 1.54) is 36.8 Å². The highest BCUT2D eigenvalue weighted by Crippen LogP contribution is 2.40. The summed E-state index contributed by atoms with van der Waals surface area (Å²) in [5, 5.41) is 18.7. The molecule has 1 aromatic heterocycles. The number of phenols is 1. The molecule has 5 heteroatoms. The first-order valence-electron chi connectivity index (χ1n) is 10.1. The molecule has 146 valence electrons. The summed E-state index contributed by atoms with van der Waals surface area (Å²) < 4.78 is 0. The smallest absolute Gasteiger partial charge is 0.120 e. The number of thiophene rings is 1. The highest BCUT2D eigenvalue weighted by molar-refractivity contribution is 7.08. The van der Waals surface area contributed by atoms with E-state index in [1.54, 1.807) is 11.3 Å². The van der Waals surface area contributed by atoms with E-state index in [-0.39, 0.29) is 5.54 Å². The summed E-state index contributed by atoms with van der Waals surface area (Å²) in [4.78, 5) is 4.80. The molecule has 4 nitrogen and oxygen atoms in total. The molecule has 0 radical (unpaired) electrons. The first kappa shape index (κ1) is 18.9. The molecule has 2 fully saturated rings. The molecule has 1 aromatic carbocycles. The van der Waals surface area contributed by atoms with E-state index in [2.05, 4.69) is 51.1 Å². The van der Waals surface area contributed by atoms with E-state index in [1.807, 2.05) is 6.07 Å². The average molecular weight is 386 g/mol. The molecule has 27 heavy (non-hydrogen) atoms. The molecule has 0 bridgehead atoms. The third kappa shape index (κ3) is 4.37. The number of nitrogens with zero attached hydrogens (tertiary/aromatic N) is 2. The Bertz CT molecular complexity index is 732. The molecule has 0 spiro atoms. The van der Waals surface area contributed by atoms with Gasteiger partial charge in [-0.15, -0.1) is 0 Å². The molecule has 1 aliphatic heterocycles. The minimum absolute atomic E-state index is 0.134. The summed E-state index contributed by atoms with van der Waals surface area (Å²) in [5.41, 5.74) is 3.89. The van der Waals surface area contributed by atoms with Gasteiger partial charge < -0.3 is 15.3 Å². The van der Waals surface area contributed by atoms with E-state index in [9.17, 15) is 5.11 Å². The molecule has 1 saturated carbocycles. The van der Waals surface area contributed by atoms with E-state index in [0.29, 0.717) is 5.75 Å². The standard InChI is InChI=1S/C22H31N3OS/c1-24-9-11-25(12-10-24)16-19-14-18(4-5-21(19)26)15-23-22(7-2-3-8-22)20-6-13-27-17-20/h4-6,13-14,17,23,26H,2-3,7-12,15-16H2,1H3. The second-order valence-electron chi connectivity index (χ2n) is 8.20. The van der Waals surface area contributed by atoms with Crippen LogP contribution in [0, 0.1) is 0 Å². The second-order valence-corrected chi connectivity index (χ2v) is 8.98. The minimum Gasteiger partial charge on any atom is -0.508 e. The fourth-order valence-corrected chi connectivity index (χ4v) is 5.23. The van der Waals surface area contributed by atoms with Gasteiger partial charge in [0, 0.05) is 50.4 Å². The molecule has 1 aliphatic carbocycles. The summed E-state index contributed by atoms with van der Waals surface area (Å²) in [6, 6.07) is 8.40. The number of hydrogen-bond acceptors (Lipinski definition) is 5. The molecule has 0 unspecified atom stereocenters. The van der Waals surface area contributed by atoms with Crippen LogP contribution in [0.25, 0.3) is 0 Å². The Labute approximate surface area is 166 Å². The molecule has 2 aromatic rings. The molecular formula is C22H31N3OS. The topological polar surface area (TPSA) is 38.7 Å². The fraction of sp³-hybridized carbons (Fsp3) is 0.545. The second kappa shape index (κ2) is 8.31. The van der Waals surface area contributed by atoms with Crippen LogP contribution >= 0.6 is 11.3 Å². The van der Waals surface area contributed by atoms with Crippen LogP contribution in [-0.2, 0) is 18.6 Å². The molecule has 2 heterocycles. The Hall–Kier alpha value is -1.40. The van der Waals surface area contributed by atoms with Crippen LogP contribution in [0.15, 0.2) is 35.0 Å². The molecule has 2 aliphatic rings. The third-order valence-electron chi connectivity index (χ3n) is 6.30. The number of aromatic hydroxyl groups is 1. The van der Waals surface area contributed by atoms with E-state index < -0.39 is 0 Å². The maximum absolute atomic E-state index is 10.3. The van der Waals surface area contributed by atoms with Crippen LogP contribution in [0.5, 0.6) is 5.75 Å². The number of hydrogen-bond donors (Lipinski definition) is 2.